The third kappa shape index (κ3) is 3.89. The minimum absolute atomic E-state index is 0.313. The number of fused-ring (bicyclic) bond motifs is 1. The van der Waals surface area contributed by atoms with Crippen molar-refractivity contribution in [1.29, 1.82) is 0 Å². The Hall–Kier alpha value is -1.70. The molecule has 2 rings (SSSR count). The minimum Gasteiger partial charge on any atom is -0.507 e. The van der Waals surface area contributed by atoms with Gasteiger partial charge in [-0.2, -0.15) is 0 Å². The van der Waals surface area contributed by atoms with Crippen LogP contribution in [0.15, 0.2) is 36.4 Å². The van der Waals surface area contributed by atoms with Crippen LogP contribution in [0.25, 0.3) is 10.8 Å². The molecule has 0 atom stereocenters. The molecule has 2 nitrogen and oxygen atoms in total. The van der Waals surface area contributed by atoms with E-state index < -0.39 is 0 Å². The Morgan fingerprint density at radius 2 is 1.55 bits per heavy atom. The highest BCUT2D eigenvalue weighted by molar-refractivity contribution is 5.92. The van der Waals surface area contributed by atoms with Crippen molar-refractivity contribution in [3.05, 3.63) is 36.4 Å². The van der Waals surface area contributed by atoms with Crippen LogP contribution in [0.4, 0.5) is 0 Å². The largest absolute Gasteiger partial charge is 0.507 e. The van der Waals surface area contributed by atoms with E-state index in [1.807, 2.05) is 30.3 Å². The molecule has 0 spiro atoms. The zero-order chi connectivity index (χ0) is 14.2. The maximum Gasteiger partial charge on any atom is 0.127 e. The molecule has 0 aliphatic carbocycles. The Bertz CT molecular complexity index is 534. The monoisotopic (exact) mass is 272 g/mol. The zero-order valence-corrected chi connectivity index (χ0v) is 12.3. The molecule has 0 saturated heterocycles. The predicted molar refractivity (Wildman–Crippen MR) is 84.5 cm³/mol. The van der Waals surface area contributed by atoms with Gasteiger partial charge in [-0.15, -0.1) is 0 Å². The molecule has 108 valence electrons. The summed E-state index contributed by atoms with van der Waals surface area (Å²) in [5.41, 5.74) is 0. The molecule has 0 aromatic heterocycles. The van der Waals surface area contributed by atoms with Crippen molar-refractivity contribution < 1.29 is 9.84 Å². The quantitative estimate of drug-likeness (QED) is 0.662. The Morgan fingerprint density at radius 1 is 0.850 bits per heavy atom. The van der Waals surface area contributed by atoms with E-state index >= 15 is 0 Å². The van der Waals surface area contributed by atoms with Gasteiger partial charge in [-0.1, -0.05) is 63.3 Å². The number of aromatic hydroxyl groups is 1. The van der Waals surface area contributed by atoms with Crippen molar-refractivity contribution in [1.82, 2.24) is 0 Å². The van der Waals surface area contributed by atoms with Crippen molar-refractivity contribution in [2.45, 2.75) is 45.4 Å². The lowest BCUT2D eigenvalue weighted by molar-refractivity contribution is 0.307. The van der Waals surface area contributed by atoms with Crippen LogP contribution in [0.2, 0.25) is 0 Å². The van der Waals surface area contributed by atoms with Gasteiger partial charge in [-0.05, 0) is 18.6 Å². The molecule has 0 aliphatic rings. The average molecular weight is 272 g/mol. The van der Waals surface area contributed by atoms with E-state index in [9.17, 15) is 5.11 Å². The SMILES string of the molecule is CCCCCCCCOc1ccc(O)c2ccccc12. The van der Waals surface area contributed by atoms with Crippen molar-refractivity contribution in [2.75, 3.05) is 6.61 Å². The van der Waals surface area contributed by atoms with Gasteiger partial charge >= 0.3 is 0 Å². The molecular weight excluding hydrogens is 248 g/mol. The number of ether oxygens (including phenoxy) is 1. The molecule has 2 heteroatoms. The average Bonchev–Trinajstić information content (AvgIpc) is 2.49. The Labute approximate surface area is 121 Å². The zero-order valence-electron chi connectivity index (χ0n) is 12.3. The number of phenolic OH excluding ortho intramolecular Hbond substituents is 1. The summed E-state index contributed by atoms with van der Waals surface area (Å²) < 4.78 is 5.87. The summed E-state index contributed by atoms with van der Waals surface area (Å²) >= 11 is 0. The fourth-order valence-electron chi connectivity index (χ4n) is 2.45. The lowest BCUT2D eigenvalue weighted by atomic mass is 10.1. The van der Waals surface area contributed by atoms with Gasteiger partial charge in [0.25, 0.3) is 0 Å². The normalized spacial score (nSPS) is 10.8. The van der Waals surface area contributed by atoms with Crippen molar-refractivity contribution in [3.63, 3.8) is 0 Å². The van der Waals surface area contributed by atoms with Crippen molar-refractivity contribution >= 4 is 10.8 Å². The summed E-state index contributed by atoms with van der Waals surface area (Å²) in [6, 6.07) is 11.4. The fraction of sp³-hybridized carbons (Fsp3) is 0.444. The Balaban J connectivity index is 1.86. The first-order valence-electron chi connectivity index (χ1n) is 7.66. The first-order chi connectivity index (χ1) is 9.83. The van der Waals surface area contributed by atoms with E-state index in [1.54, 1.807) is 6.07 Å². The standard InChI is InChI=1S/C18H24O2/c1-2-3-4-5-6-9-14-20-18-13-12-17(19)15-10-7-8-11-16(15)18/h7-8,10-13,19H,2-6,9,14H2,1H3. The Morgan fingerprint density at radius 3 is 2.35 bits per heavy atom. The topological polar surface area (TPSA) is 29.5 Å². The van der Waals surface area contributed by atoms with Gasteiger partial charge in [-0.25, -0.2) is 0 Å². The summed E-state index contributed by atoms with van der Waals surface area (Å²) in [5, 5.41) is 11.7. The number of unbranched alkanes of at least 4 members (excludes halogenated alkanes) is 5. The van der Waals surface area contributed by atoms with Gasteiger partial charge in [0.05, 0.1) is 6.61 Å². The first kappa shape index (κ1) is 14.7. The van der Waals surface area contributed by atoms with Crippen LogP contribution >= 0.6 is 0 Å². The van der Waals surface area contributed by atoms with Gasteiger partial charge in [-0.3, -0.25) is 0 Å². The smallest absolute Gasteiger partial charge is 0.127 e. The van der Waals surface area contributed by atoms with E-state index in [2.05, 4.69) is 6.92 Å². The third-order valence-electron chi connectivity index (χ3n) is 3.62. The minimum atomic E-state index is 0.313. The molecule has 0 radical (unpaired) electrons. The fourth-order valence-corrected chi connectivity index (χ4v) is 2.45. The highest BCUT2D eigenvalue weighted by atomic mass is 16.5. The summed E-state index contributed by atoms with van der Waals surface area (Å²) in [6.07, 6.45) is 7.58. The lowest BCUT2D eigenvalue weighted by Gasteiger charge is -2.10. The maximum absolute atomic E-state index is 9.83. The number of hydrogen-bond acceptors (Lipinski definition) is 2. The van der Waals surface area contributed by atoms with Crippen LogP contribution in [-0.2, 0) is 0 Å². The van der Waals surface area contributed by atoms with Gasteiger partial charge in [0.1, 0.15) is 11.5 Å². The molecule has 2 aromatic rings. The van der Waals surface area contributed by atoms with Crippen LogP contribution in [0.3, 0.4) is 0 Å². The van der Waals surface area contributed by atoms with Crippen molar-refractivity contribution in [3.8, 4) is 11.5 Å². The molecule has 0 unspecified atom stereocenters. The molecule has 0 heterocycles. The van der Waals surface area contributed by atoms with E-state index in [0.717, 1.165) is 29.5 Å². The Kier molecular flexibility index (Phi) is 5.72. The molecule has 0 aliphatic heterocycles. The molecule has 0 fully saturated rings. The summed E-state index contributed by atoms with van der Waals surface area (Å²) in [4.78, 5) is 0. The first-order valence-corrected chi connectivity index (χ1v) is 7.66. The molecule has 20 heavy (non-hydrogen) atoms. The molecule has 0 saturated carbocycles. The van der Waals surface area contributed by atoms with Gasteiger partial charge in [0.2, 0.25) is 0 Å². The summed E-state index contributed by atoms with van der Waals surface area (Å²) in [6.45, 7) is 2.99. The predicted octanol–water partition coefficient (Wildman–Crippen LogP) is 5.28. The second kappa shape index (κ2) is 7.78. The second-order valence-electron chi connectivity index (χ2n) is 5.24. The number of rotatable bonds is 8. The molecule has 2 aromatic carbocycles. The molecular formula is C18H24O2. The van der Waals surface area contributed by atoms with Crippen LogP contribution in [0, 0.1) is 0 Å². The number of hydrogen-bond donors (Lipinski definition) is 1. The second-order valence-corrected chi connectivity index (χ2v) is 5.24. The van der Waals surface area contributed by atoms with E-state index in [4.69, 9.17) is 4.74 Å². The third-order valence-corrected chi connectivity index (χ3v) is 3.62. The molecule has 0 amide bonds. The van der Waals surface area contributed by atoms with Gasteiger partial charge < -0.3 is 9.84 Å². The highest BCUT2D eigenvalue weighted by Gasteiger charge is 2.05. The van der Waals surface area contributed by atoms with E-state index in [0.29, 0.717) is 5.75 Å². The maximum atomic E-state index is 9.83. The van der Waals surface area contributed by atoms with Gasteiger partial charge in [0, 0.05) is 10.8 Å². The summed E-state index contributed by atoms with van der Waals surface area (Å²) in [7, 11) is 0. The van der Waals surface area contributed by atoms with E-state index in [1.165, 1.54) is 32.1 Å². The number of phenols is 1. The molecule has 0 bridgehead atoms. The van der Waals surface area contributed by atoms with Crippen molar-refractivity contribution in [2.24, 2.45) is 0 Å². The number of benzene rings is 2. The lowest BCUT2D eigenvalue weighted by Crippen LogP contribution is -1.98. The van der Waals surface area contributed by atoms with Crippen LogP contribution in [-0.4, -0.2) is 11.7 Å². The van der Waals surface area contributed by atoms with Crippen LogP contribution < -0.4 is 4.74 Å². The van der Waals surface area contributed by atoms with Gasteiger partial charge in [0.15, 0.2) is 0 Å². The summed E-state index contributed by atoms with van der Waals surface area (Å²) in [5.74, 6) is 1.18. The van der Waals surface area contributed by atoms with E-state index in [-0.39, 0.29) is 0 Å². The van der Waals surface area contributed by atoms with Crippen LogP contribution in [0.1, 0.15) is 45.4 Å². The molecule has 1 N–H and O–H groups in total. The van der Waals surface area contributed by atoms with Crippen LogP contribution in [0.5, 0.6) is 11.5 Å². The highest BCUT2D eigenvalue weighted by Crippen LogP contribution is 2.32.